The molecule has 2 aromatic rings. The number of rotatable bonds is 11. The highest BCUT2D eigenvalue weighted by Gasteiger charge is 2.23. The van der Waals surface area contributed by atoms with Crippen LogP contribution in [0, 0.1) is 11.7 Å². The summed E-state index contributed by atoms with van der Waals surface area (Å²) < 4.78 is 41.3. The summed E-state index contributed by atoms with van der Waals surface area (Å²) in [6.07, 6.45) is 2.93. The molecule has 1 atom stereocenters. The highest BCUT2D eigenvalue weighted by molar-refractivity contribution is 7.89. The number of hydrogen-bond donors (Lipinski definition) is 2. The van der Waals surface area contributed by atoms with E-state index in [0.29, 0.717) is 18.8 Å². The number of aryl methyl sites for hydroxylation is 1. The van der Waals surface area contributed by atoms with Crippen LogP contribution in [0.1, 0.15) is 55.3 Å². The van der Waals surface area contributed by atoms with Crippen molar-refractivity contribution in [2.75, 3.05) is 0 Å². The van der Waals surface area contributed by atoms with Gasteiger partial charge < -0.3 is 5.11 Å². The van der Waals surface area contributed by atoms with Crippen LogP contribution in [-0.2, 0) is 21.2 Å². The predicted molar refractivity (Wildman–Crippen MR) is 108 cm³/mol. The Bertz CT molecular complexity index is 876. The molecule has 0 spiro atoms. The molecule has 0 aliphatic carbocycles. The Morgan fingerprint density at radius 2 is 1.82 bits per heavy atom. The van der Waals surface area contributed by atoms with E-state index in [1.165, 1.54) is 23.5 Å². The van der Waals surface area contributed by atoms with Crippen molar-refractivity contribution in [1.29, 1.82) is 0 Å². The lowest BCUT2D eigenvalue weighted by molar-refractivity contribution is -0.136. The second-order valence-electron chi connectivity index (χ2n) is 7.15. The van der Waals surface area contributed by atoms with Gasteiger partial charge >= 0.3 is 5.97 Å². The first-order chi connectivity index (χ1) is 13.2. The van der Waals surface area contributed by atoms with E-state index in [9.17, 15) is 17.6 Å². The normalized spacial score (nSPS) is 13.0. The molecule has 1 heterocycles. The van der Waals surface area contributed by atoms with E-state index in [4.69, 9.17) is 5.11 Å². The third-order valence-corrected chi connectivity index (χ3v) is 7.05. The van der Waals surface area contributed by atoms with Gasteiger partial charge in [-0.1, -0.05) is 26.7 Å². The third kappa shape index (κ3) is 7.00. The molecule has 0 aliphatic rings. The standard InChI is InChI=1S/C20H26FNO4S2/c1-14(2)4-3-5-18(19-12-8-16(27-19)9-13-20(23)24)22-28(25,26)17-10-6-15(21)7-11-17/h6-8,10-12,14,18,22H,3-5,9,13H2,1-2H3,(H,23,24). The van der Waals surface area contributed by atoms with Crippen molar-refractivity contribution < 1.29 is 22.7 Å². The molecule has 5 nitrogen and oxygen atoms in total. The topological polar surface area (TPSA) is 83.5 Å². The van der Waals surface area contributed by atoms with Crippen LogP contribution in [0.5, 0.6) is 0 Å². The number of carboxylic acids is 1. The minimum Gasteiger partial charge on any atom is -0.481 e. The van der Waals surface area contributed by atoms with Crippen LogP contribution in [0.2, 0.25) is 0 Å². The van der Waals surface area contributed by atoms with Crippen LogP contribution in [0.15, 0.2) is 41.3 Å². The number of nitrogens with one attached hydrogen (secondary N) is 1. The van der Waals surface area contributed by atoms with E-state index < -0.39 is 27.9 Å². The van der Waals surface area contributed by atoms with E-state index in [2.05, 4.69) is 18.6 Å². The number of hydrogen-bond acceptors (Lipinski definition) is 4. The van der Waals surface area contributed by atoms with Gasteiger partial charge in [-0.3, -0.25) is 4.79 Å². The molecule has 0 bridgehead atoms. The minimum absolute atomic E-state index is 0.0189. The number of carbonyl (C=O) groups is 1. The Morgan fingerprint density at radius 3 is 2.43 bits per heavy atom. The Hall–Kier alpha value is -1.77. The Balaban J connectivity index is 2.18. The lowest BCUT2D eigenvalue weighted by atomic mass is 10.0. The average Bonchev–Trinajstić information content (AvgIpc) is 3.08. The summed E-state index contributed by atoms with van der Waals surface area (Å²) >= 11 is 1.43. The molecule has 0 radical (unpaired) electrons. The van der Waals surface area contributed by atoms with Gasteiger partial charge in [0, 0.05) is 9.75 Å². The lowest BCUT2D eigenvalue weighted by Crippen LogP contribution is -2.28. The second kappa shape index (κ2) is 10.1. The van der Waals surface area contributed by atoms with Gasteiger partial charge in [0.15, 0.2) is 0 Å². The van der Waals surface area contributed by atoms with E-state index in [-0.39, 0.29) is 11.3 Å². The minimum atomic E-state index is -3.80. The Labute approximate surface area is 169 Å². The van der Waals surface area contributed by atoms with Crippen molar-refractivity contribution in [2.45, 2.75) is 56.9 Å². The van der Waals surface area contributed by atoms with Gasteiger partial charge in [-0.05, 0) is 55.2 Å². The predicted octanol–water partition coefficient (Wildman–Crippen LogP) is 4.75. The van der Waals surface area contributed by atoms with Crippen molar-refractivity contribution in [3.8, 4) is 0 Å². The second-order valence-corrected chi connectivity index (χ2v) is 10.1. The zero-order valence-corrected chi connectivity index (χ0v) is 17.7. The van der Waals surface area contributed by atoms with Crippen LogP contribution in [-0.4, -0.2) is 19.5 Å². The van der Waals surface area contributed by atoms with Crippen LogP contribution in [0.3, 0.4) is 0 Å². The fraction of sp³-hybridized carbons (Fsp3) is 0.450. The molecule has 0 fully saturated rings. The zero-order chi connectivity index (χ0) is 20.7. The van der Waals surface area contributed by atoms with Gasteiger partial charge in [0.25, 0.3) is 0 Å². The maximum Gasteiger partial charge on any atom is 0.303 e. The quantitative estimate of drug-likeness (QED) is 0.542. The van der Waals surface area contributed by atoms with Gasteiger partial charge in [-0.2, -0.15) is 0 Å². The summed E-state index contributed by atoms with van der Waals surface area (Å²) in [4.78, 5) is 12.6. The summed E-state index contributed by atoms with van der Waals surface area (Å²) in [7, 11) is -3.80. The molecule has 8 heteroatoms. The fourth-order valence-electron chi connectivity index (χ4n) is 2.80. The van der Waals surface area contributed by atoms with Gasteiger partial charge in [0.05, 0.1) is 17.4 Å². The number of thiophene rings is 1. The molecular formula is C20H26FNO4S2. The van der Waals surface area contributed by atoms with Crippen molar-refractivity contribution >= 4 is 27.3 Å². The van der Waals surface area contributed by atoms with E-state index in [0.717, 1.165) is 34.7 Å². The van der Waals surface area contributed by atoms with Gasteiger partial charge in [0.2, 0.25) is 10.0 Å². The van der Waals surface area contributed by atoms with Gasteiger partial charge in [-0.15, -0.1) is 11.3 Å². The van der Waals surface area contributed by atoms with Crippen molar-refractivity contribution in [2.24, 2.45) is 5.92 Å². The molecular weight excluding hydrogens is 401 g/mol. The summed E-state index contributed by atoms with van der Waals surface area (Å²) in [5, 5.41) is 8.84. The number of carboxylic acid groups (broad SMARTS) is 1. The first kappa shape index (κ1) is 22.5. The molecule has 1 aromatic carbocycles. The zero-order valence-electron chi connectivity index (χ0n) is 16.0. The van der Waals surface area contributed by atoms with Gasteiger partial charge in [-0.25, -0.2) is 17.5 Å². The van der Waals surface area contributed by atoms with Crippen molar-refractivity contribution in [3.05, 3.63) is 52.0 Å². The summed E-state index contributed by atoms with van der Waals surface area (Å²) in [5.74, 6) is -0.835. The van der Waals surface area contributed by atoms with E-state index >= 15 is 0 Å². The maximum atomic E-state index is 13.1. The summed E-state index contributed by atoms with van der Waals surface area (Å²) in [6.45, 7) is 4.24. The first-order valence-corrected chi connectivity index (χ1v) is 11.6. The van der Waals surface area contributed by atoms with E-state index in [1.54, 1.807) is 0 Å². The molecule has 0 amide bonds. The fourth-order valence-corrected chi connectivity index (χ4v) is 5.23. The SMILES string of the molecule is CC(C)CCCC(NS(=O)(=O)c1ccc(F)cc1)c1ccc(CCC(=O)O)s1. The third-order valence-electron chi connectivity index (χ3n) is 4.31. The van der Waals surface area contributed by atoms with Crippen LogP contribution >= 0.6 is 11.3 Å². The smallest absolute Gasteiger partial charge is 0.303 e. The Morgan fingerprint density at radius 1 is 1.14 bits per heavy atom. The van der Waals surface area contributed by atoms with Crippen molar-refractivity contribution in [1.82, 2.24) is 4.72 Å². The number of halogens is 1. The maximum absolute atomic E-state index is 13.1. The number of benzene rings is 1. The molecule has 1 unspecified atom stereocenters. The number of aliphatic carboxylic acids is 1. The molecule has 154 valence electrons. The van der Waals surface area contributed by atoms with Crippen molar-refractivity contribution in [3.63, 3.8) is 0 Å². The molecule has 2 rings (SSSR count). The summed E-state index contributed by atoms with van der Waals surface area (Å²) in [6, 6.07) is 8.04. The largest absolute Gasteiger partial charge is 0.481 e. The van der Waals surface area contributed by atoms with Crippen LogP contribution < -0.4 is 4.72 Å². The molecule has 0 saturated carbocycles. The number of sulfonamides is 1. The van der Waals surface area contributed by atoms with Gasteiger partial charge in [0.1, 0.15) is 5.82 Å². The molecule has 28 heavy (non-hydrogen) atoms. The highest BCUT2D eigenvalue weighted by atomic mass is 32.2. The molecule has 2 N–H and O–H groups in total. The van der Waals surface area contributed by atoms with E-state index in [1.807, 2.05) is 12.1 Å². The first-order valence-electron chi connectivity index (χ1n) is 9.25. The van der Waals surface area contributed by atoms with Crippen LogP contribution in [0.4, 0.5) is 4.39 Å². The molecule has 0 aliphatic heterocycles. The highest BCUT2D eigenvalue weighted by Crippen LogP contribution is 2.30. The average molecular weight is 428 g/mol. The lowest BCUT2D eigenvalue weighted by Gasteiger charge is -2.18. The monoisotopic (exact) mass is 427 g/mol. The molecule has 1 aromatic heterocycles. The van der Waals surface area contributed by atoms with Crippen LogP contribution in [0.25, 0.3) is 0 Å². The summed E-state index contributed by atoms with van der Waals surface area (Å²) in [5.41, 5.74) is 0. The molecule has 0 saturated heterocycles. The Kier molecular flexibility index (Phi) is 8.15.